The molecule has 0 saturated carbocycles. The van der Waals surface area contributed by atoms with Gasteiger partial charge in [-0.05, 0) is 55.7 Å². The fourth-order valence-corrected chi connectivity index (χ4v) is 2.98. The average molecular weight is 365 g/mol. The second kappa shape index (κ2) is 6.42. The van der Waals surface area contributed by atoms with Gasteiger partial charge in [-0.1, -0.05) is 29.8 Å². The highest BCUT2D eigenvalue weighted by Crippen LogP contribution is 2.31. The molecule has 5 nitrogen and oxygen atoms in total. The Balaban J connectivity index is 1.83. The average Bonchev–Trinajstić information content (AvgIpc) is 3.05. The SMILES string of the molecule is Cc1ccc(C)c(Oc2ncnc3c2cnn3-c2cc(Cl)ccc2C)c1. The van der Waals surface area contributed by atoms with Crippen molar-refractivity contribution < 1.29 is 4.74 Å². The van der Waals surface area contributed by atoms with Crippen molar-refractivity contribution in [1.82, 2.24) is 19.7 Å². The fraction of sp³-hybridized carbons (Fsp3) is 0.150. The second-order valence-corrected chi connectivity index (χ2v) is 6.71. The lowest BCUT2D eigenvalue weighted by atomic mass is 10.1. The first-order valence-corrected chi connectivity index (χ1v) is 8.61. The zero-order valence-electron chi connectivity index (χ0n) is 14.7. The van der Waals surface area contributed by atoms with Crippen molar-refractivity contribution in [3.63, 3.8) is 0 Å². The van der Waals surface area contributed by atoms with E-state index < -0.39 is 0 Å². The number of benzene rings is 2. The molecule has 0 N–H and O–H groups in total. The summed E-state index contributed by atoms with van der Waals surface area (Å²) in [7, 11) is 0. The van der Waals surface area contributed by atoms with Crippen LogP contribution in [-0.2, 0) is 0 Å². The van der Waals surface area contributed by atoms with Gasteiger partial charge in [-0.25, -0.2) is 14.6 Å². The first-order valence-electron chi connectivity index (χ1n) is 8.23. The van der Waals surface area contributed by atoms with Crippen molar-refractivity contribution in [2.24, 2.45) is 0 Å². The molecule has 2 aromatic carbocycles. The molecule has 130 valence electrons. The minimum absolute atomic E-state index is 0.481. The van der Waals surface area contributed by atoms with E-state index in [1.54, 1.807) is 10.9 Å². The van der Waals surface area contributed by atoms with Crippen LogP contribution in [0.5, 0.6) is 11.6 Å². The lowest BCUT2D eigenvalue weighted by molar-refractivity contribution is 0.464. The number of aromatic nitrogens is 4. The van der Waals surface area contributed by atoms with Crippen molar-refractivity contribution in [3.8, 4) is 17.3 Å². The van der Waals surface area contributed by atoms with E-state index in [0.717, 1.165) is 33.5 Å². The Morgan fingerprint density at radius 3 is 2.62 bits per heavy atom. The molecule has 2 heterocycles. The van der Waals surface area contributed by atoms with Gasteiger partial charge in [-0.3, -0.25) is 0 Å². The Kier molecular flexibility index (Phi) is 4.09. The molecule has 0 saturated heterocycles. The summed E-state index contributed by atoms with van der Waals surface area (Å²) in [5, 5.41) is 5.88. The minimum Gasteiger partial charge on any atom is -0.438 e. The molecule has 0 aliphatic heterocycles. The molecule has 0 atom stereocenters. The largest absolute Gasteiger partial charge is 0.438 e. The predicted octanol–water partition coefficient (Wildman–Crippen LogP) is 5.19. The number of halogens is 1. The summed E-state index contributed by atoms with van der Waals surface area (Å²) in [5.74, 6) is 1.26. The maximum atomic E-state index is 6.16. The van der Waals surface area contributed by atoms with Gasteiger partial charge < -0.3 is 4.74 Å². The summed E-state index contributed by atoms with van der Waals surface area (Å²) in [5.41, 5.74) is 4.77. The van der Waals surface area contributed by atoms with E-state index >= 15 is 0 Å². The molecule has 0 amide bonds. The van der Waals surface area contributed by atoms with Crippen LogP contribution in [-0.4, -0.2) is 19.7 Å². The number of fused-ring (bicyclic) bond motifs is 1. The maximum absolute atomic E-state index is 6.16. The molecule has 0 bridgehead atoms. The lowest BCUT2D eigenvalue weighted by Gasteiger charge is -2.10. The van der Waals surface area contributed by atoms with E-state index in [1.807, 2.05) is 51.1 Å². The van der Waals surface area contributed by atoms with Crippen molar-refractivity contribution in [2.75, 3.05) is 0 Å². The van der Waals surface area contributed by atoms with Crippen LogP contribution in [0.3, 0.4) is 0 Å². The molecular weight excluding hydrogens is 348 g/mol. The smallest absolute Gasteiger partial charge is 0.233 e. The quantitative estimate of drug-likeness (QED) is 0.502. The molecule has 0 spiro atoms. The Morgan fingerprint density at radius 2 is 1.77 bits per heavy atom. The molecular formula is C20H17ClN4O. The van der Waals surface area contributed by atoms with Crippen molar-refractivity contribution in [1.29, 1.82) is 0 Å². The number of nitrogens with zero attached hydrogens (tertiary/aromatic N) is 4. The molecule has 0 unspecified atom stereocenters. The summed E-state index contributed by atoms with van der Waals surface area (Å²) < 4.78 is 7.83. The zero-order valence-corrected chi connectivity index (χ0v) is 15.4. The maximum Gasteiger partial charge on any atom is 0.233 e. The van der Waals surface area contributed by atoms with Crippen LogP contribution >= 0.6 is 11.6 Å². The number of rotatable bonds is 3. The Labute approximate surface area is 156 Å². The summed E-state index contributed by atoms with van der Waals surface area (Å²) in [6.45, 7) is 6.04. The standard InChI is InChI=1S/C20H17ClN4O/c1-12-4-5-14(3)18(8-12)26-20-16-10-24-25(19(16)22-11-23-20)17-9-15(21)7-6-13(17)2/h4-11H,1-3H3. The van der Waals surface area contributed by atoms with E-state index in [-0.39, 0.29) is 0 Å². The molecule has 26 heavy (non-hydrogen) atoms. The highest BCUT2D eigenvalue weighted by molar-refractivity contribution is 6.30. The third kappa shape index (κ3) is 2.91. The van der Waals surface area contributed by atoms with E-state index in [2.05, 4.69) is 21.1 Å². The summed E-state index contributed by atoms with van der Waals surface area (Å²) in [6, 6.07) is 11.8. The van der Waals surface area contributed by atoms with Gasteiger partial charge >= 0.3 is 0 Å². The third-order valence-corrected chi connectivity index (χ3v) is 4.51. The normalized spacial score (nSPS) is 11.1. The van der Waals surface area contributed by atoms with Gasteiger partial charge in [-0.2, -0.15) is 5.10 Å². The molecule has 6 heteroatoms. The summed E-state index contributed by atoms with van der Waals surface area (Å²) >= 11 is 6.16. The van der Waals surface area contributed by atoms with E-state index in [9.17, 15) is 0 Å². The highest BCUT2D eigenvalue weighted by atomic mass is 35.5. The molecule has 4 aromatic rings. The number of hydrogen-bond donors (Lipinski definition) is 0. The monoisotopic (exact) mass is 364 g/mol. The van der Waals surface area contributed by atoms with Crippen molar-refractivity contribution in [2.45, 2.75) is 20.8 Å². The van der Waals surface area contributed by atoms with Crippen LogP contribution < -0.4 is 4.74 Å². The summed E-state index contributed by atoms with van der Waals surface area (Å²) in [6.07, 6.45) is 3.21. The van der Waals surface area contributed by atoms with Crippen LogP contribution in [0.2, 0.25) is 5.02 Å². The van der Waals surface area contributed by atoms with Crippen LogP contribution in [0, 0.1) is 20.8 Å². The molecule has 2 aromatic heterocycles. The van der Waals surface area contributed by atoms with Gasteiger partial charge in [-0.15, -0.1) is 0 Å². The van der Waals surface area contributed by atoms with Gasteiger partial charge in [0.15, 0.2) is 5.65 Å². The second-order valence-electron chi connectivity index (χ2n) is 6.27. The Morgan fingerprint density at radius 1 is 0.962 bits per heavy atom. The third-order valence-electron chi connectivity index (χ3n) is 4.28. The highest BCUT2D eigenvalue weighted by Gasteiger charge is 2.15. The summed E-state index contributed by atoms with van der Waals surface area (Å²) in [4.78, 5) is 8.70. The minimum atomic E-state index is 0.481. The molecule has 0 aliphatic rings. The van der Waals surface area contributed by atoms with Crippen LogP contribution in [0.15, 0.2) is 48.9 Å². The van der Waals surface area contributed by atoms with Crippen molar-refractivity contribution >= 4 is 22.6 Å². The van der Waals surface area contributed by atoms with E-state index in [1.165, 1.54) is 6.33 Å². The van der Waals surface area contributed by atoms with Gasteiger partial charge in [0.1, 0.15) is 17.5 Å². The van der Waals surface area contributed by atoms with Crippen LogP contribution in [0.1, 0.15) is 16.7 Å². The van der Waals surface area contributed by atoms with Crippen LogP contribution in [0.25, 0.3) is 16.7 Å². The molecule has 0 aliphatic carbocycles. The first kappa shape index (κ1) is 16.5. The van der Waals surface area contributed by atoms with Gasteiger partial charge in [0.25, 0.3) is 0 Å². The topological polar surface area (TPSA) is 52.8 Å². The Bertz CT molecular complexity index is 1120. The number of aryl methyl sites for hydroxylation is 3. The van der Waals surface area contributed by atoms with Gasteiger partial charge in [0.2, 0.25) is 5.88 Å². The molecule has 4 rings (SSSR count). The van der Waals surface area contributed by atoms with Gasteiger partial charge in [0, 0.05) is 5.02 Å². The van der Waals surface area contributed by atoms with Crippen molar-refractivity contribution in [3.05, 3.63) is 70.6 Å². The van der Waals surface area contributed by atoms with E-state index in [0.29, 0.717) is 16.5 Å². The fourth-order valence-electron chi connectivity index (χ4n) is 2.81. The molecule has 0 radical (unpaired) electrons. The van der Waals surface area contributed by atoms with Crippen LogP contribution in [0.4, 0.5) is 0 Å². The Hall–Kier alpha value is -2.92. The number of hydrogen-bond acceptors (Lipinski definition) is 4. The predicted molar refractivity (Wildman–Crippen MR) is 102 cm³/mol. The zero-order chi connectivity index (χ0) is 18.3. The van der Waals surface area contributed by atoms with E-state index in [4.69, 9.17) is 16.3 Å². The first-order chi connectivity index (χ1) is 12.5. The lowest BCUT2D eigenvalue weighted by Crippen LogP contribution is -2.01. The number of ether oxygens (including phenoxy) is 1. The van der Waals surface area contributed by atoms with Gasteiger partial charge in [0.05, 0.1) is 11.9 Å². The molecule has 0 fully saturated rings.